The van der Waals surface area contributed by atoms with Gasteiger partial charge in [-0.15, -0.1) is 0 Å². The summed E-state index contributed by atoms with van der Waals surface area (Å²) in [6.45, 7) is 1.40. The Labute approximate surface area is 160 Å². The van der Waals surface area contributed by atoms with Crippen LogP contribution < -0.4 is 5.32 Å². The monoisotopic (exact) mass is 359 g/mol. The van der Waals surface area contributed by atoms with Crippen LogP contribution in [0.2, 0.25) is 0 Å². The molecular formula is C23H25N3O. The van der Waals surface area contributed by atoms with E-state index in [1.54, 1.807) is 0 Å². The molecular weight excluding hydrogens is 334 g/mol. The highest BCUT2D eigenvalue weighted by Crippen LogP contribution is 2.31. The van der Waals surface area contributed by atoms with Crippen molar-refractivity contribution >= 4 is 11.6 Å². The molecule has 0 bridgehead atoms. The maximum atomic E-state index is 12.6. The summed E-state index contributed by atoms with van der Waals surface area (Å²) >= 11 is 0. The zero-order valence-corrected chi connectivity index (χ0v) is 15.6. The van der Waals surface area contributed by atoms with E-state index in [9.17, 15) is 4.79 Å². The molecule has 3 aromatic rings. The molecule has 1 atom stereocenters. The number of hydrogen-bond donors (Lipinski definition) is 1. The van der Waals surface area contributed by atoms with Crippen LogP contribution in [0.3, 0.4) is 0 Å². The lowest BCUT2D eigenvalue weighted by Gasteiger charge is -2.24. The fourth-order valence-electron chi connectivity index (χ4n) is 3.93. The lowest BCUT2D eigenvalue weighted by atomic mass is 10.1. The first-order valence-electron chi connectivity index (χ1n) is 9.51. The van der Waals surface area contributed by atoms with E-state index in [4.69, 9.17) is 0 Å². The van der Waals surface area contributed by atoms with Gasteiger partial charge in [0, 0.05) is 24.6 Å². The zero-order valence-electron chi connectivity index (χ0n) is 15.6. The normalized spacial score (nSPS) is 17.1. The largest absolute Gasteiger partial charge is 0.353 e. The van der Waals surface area contributed by atoms with Gasteiger partial charge in [-0.25, -0.2) is 0 Å². The average Bonchev–Trinajstić information content (AvgIpc) is 3.31. The number of amides is 1. The number of benzene rings is 2. The summed E-state index contributed by atoms with van der Waals surface area (Å²) in [5.74, 6) is 0.0450. The molecule has 1 amide bonds. The van der Waals surface area contributed by atoms with E-state index in [0.29, 0.717) is 12.6 Å². The highest BCUT2D eigenvalue weighted by molar-refractivity contribution is 5.92. The molecule has 0 saturated carbocycles. The second-order valence-corrected chi connectivity index (χ2v) is 7.16. The lowest BCUT2D eigenvalue weighted by molar-refractivity contribution is -0.117. The Bertz CT molecular complexity index is 899. The highest BCUT2D eigenvalue weighted by atomic mass is 16.2. The van der Waals surface area contributed by atoms with E-state index in [-0.39, 0.29) is 5.91 Å². The van der Waals surface area contributed by atoms with Crippen LogP contribution in [0.25, 0.3) is 11.1 Å². The third-order valence-corrected chi connectivity index (χ3v) is 5.31. The van der Waals surface area contributed by atoms with Crippen molar-refractivity contribution < 1.29 is 4.79 Å². The molecule has 4 nitrogen and oxygen atoms in total. The van der Waals surface area contributed by atoms with Crippen molar-refractivity contribution in [1.29, 1.82) is 0 Å². The summed E-state index contributed by atoms with van der Waals surface area (Å²) in [6, 6.07) is 22.8. The molecule has 1 aromatic heterocycles. The van der Waals surface area contributed by atoms with Crippen molar-refractivity contribution in [2.45, 2.75) is 18.9 Å². The van der Waals surface area contributed by atoms with Gasteiger partial charge in [0.2, 0.25) is 5.91 Å². The fraction of sp³-hybridized carbons (Fsp3) is 0.261. The average molecular weight is 359 g/mol. The predicted molar refractivity (Wildman–Crippen MR) is 109 cm³/mol. The van der Waals surface area contributed by atoms with Gasteiger partial charge in [-0.2, -0.15) is 0 Å². The van der Waals surface area contributed by atoms with E-state index in [1.807, 2.05) is 42.5 Å². The van der Waals surface area contributed by atoms with Crippen molar-refractivity contribution in [2.75, 3.05) is 18.4 Å². The van der Waals surface area contributed by atoms with Gasteiger partial charge in [0.1, 0.15) is 0 Å². The molecule has 4 heteroatoms. The molecule has 0 spiro atoms. The minimum atomic E-state index is 0.0450. The van der Waals surface area contributed by atoms with Gasteiger partial charge < -0.3 is 9.88 Å². The van der Waals surface area contributed by atoms with Gasteiger partial charge >= 0.3 is 0 Å². The van der Waals surface area contributed by atoms with E-state index < -0.39 is 0 Å². The van der Waals surface area contributed by atoms with Crippen LogP contribution >= 0.6 is 0 Å². The molecule has 138 valence electrons. The molecule has 1 saturated heterocycles. The number of hydrogen-bond acceptors (Lipinski definition) is 2. The fourth-order valence-corrected chi connectivity index (χ4v) is 3.93. The molecule has 1 aliphatic rings. The number of aryl methyl sites for hydroxylation is 1. The van der Waals surface area contributed by atoms with Crippen LogP contribution in [0.1, 0.15) is 24.6 Å². The van der Waals surface area contributed by atoms with Crippen molar-refractivity contribution in [3.63, 3.8) is 0 Å². The number of nitrogens with zero attached hydrogens (tertiary/aromatic N) is 2. The van der Waals surface area contributed by atoms with Crippen LogP contribution in [-0.2, 0) is 11.8 Å². The summed E-state index contributed by atoms with van der Waals surface area (Å²) in [7, 11) is 2.07. The van der Waals surface area contributed by atoms with Crippen LogP contribution in [0, 0.1) is 0 Å². The van der Waals surface area contributed by atoms with Crippen LogP contribution in [0.15, 0.2) is 72.9 Å². The Morgan fingerprint density at radius 3 is 2.44 bits per heavy atom. The maximum Gasteiger partial charge on any atom is 0.238 e. The Kier molecular flexibility index (Phi) is 5.07. The Balaban J connectivity index is 1.38. The van der Waals surface area contributed by atoms with E-state index in [1.165, 1.54) is 11.3 Å². The van der Waals surface area contributed by atoms with Crippen molar-refractivity contribution in [3.05, 3.63) is 78.6 Å². The number of aromatic nitrogens is 1. The van der Waals surface area contributed by atoms with Gasteiger partial charge in [0.15, 0.2) is 0 Å². The standard InChI is InChI=1S/C23H25N3O/c1-25-15-5-9-21(25)22-10-6-16-26(22)17-23(27)24-20-13-11-19(12-14-20)18-7-3-2-4-8-18/h2-5,7-9,11-15,22H,6,10,16-17H2,1H3,(H,24,27). The Morgan fingerprint density at radius 1 is 1.00 bits per heavy atom. The molecule has 27 heavy (non-hydrogen) atoms. The molecule has 2 heterocycles. The van der Waals surface area contributed by atoms with Crippen LogP contribution in [-0.4, -0.2) is 28.5 Å². The minimum absolute atomic E-state index is 0.0450. The van der Waals surface area contributed by atoms with Crippen molar-refractivity contribution in [1.82, 2.24) is 9.47 Å². The number of nitrogens with one attached hydrogen (secondary N) is 1. The summed E-state index contributed by atoms with van der Waals surface area (Å²) in [5, 5.41) is 3.04. The minimum Gasteiger partial charge on any atom is -0.353 e. The van der Waals surface area contributed by atoms with Crippen LogP contribution in [0.5, 0.6) is 0 Å². The molecule has 1 N–H and O–H groups in total. The third kappa shape index (κ3) is 3.96. The highest BCUT2D eigenvalue weighted by Gasteiger charge is 2.28. The van der Waals surface area contributed by atoms with Gasteiger partial charge in [-0.05, 0) is 54.8 Å². The second-order valence-electron chi connectivity index (χ2n) is 7.16. The molecule has 1 unspecified atom stereocenters. The summed E-state index contributed by atoms with van der Waals surface area (Å²) in [5.41, 5.74) is 4.46. The molecule has 0 radical (unpaired) electrons. The first-order chi connectivity index (χ1) is 13.2. The van der Waals surface area contributed by atoms with Gasteiger partial charge in [0.05, 0.1) is 12.6 Å². The van der Waals surface area contributed by atoms with E-state index in [0.717, 1.165) is 30.6 Å². The molecule has 2 aromatic carbocycles. The zero-order chi connectivity index (χ0) is 18.6. The van der Waals surface area contributed by atoms with Gasteiger partial charge in [-0.3, -0.25) is 9.69 Å². The number of carbonyl (C=O) groups excluding carboxylic acids is 1. The summed E-state index contributed by atoms with van der Waals surface area (Å²) < 4.78 is 2.16. The first-order valence-corrected chi connectivity index (χ1v) is 9.51. The first kappa shape index (κ1) is 17.6. The predicted octanol–water partition coefficient (Wildman–Crippen LogP) is 4.47. The smallest absolute Gasteiger partial charge is 0.238 e. The second kappa shape index (κ2) is 7.80. The quantitative estimate of drug-likeness (QED) is 0.730. The molecule has 4 rings (SSSR count). The molecule has 0 aliphatic carbocycles. The van der Waals surface area contributed by atoms with E-state index in [2.05, 4.69) is 52.3 Å². The third-order valence-electron chi connectivity index (χ3n) is 5.31. The molecule has 1 fully saturated rings. The van der Waals surface area contributed by atoms with Crippen molar-refractivity contribution in [2.24, 2.45) is 7.05 Å². The van der Waals surface area contributed by atoms with Crippen molar-refractivity contribution in [3.8, 4) is 11.1 Å². The Morgan fingerprint density at radius 2 is 1.74 bits per heavy atom. The Hall–Kier alpha value is -2.85. The summed E-state index contributed by atoms with van der Waals surface area (Å²) in [6.07, 6.45) is 4.31. The maximum absolute atomic E-state index is 12.6. The SMILES string of the molecule is Cn1cccc1C1CCCN1CC(=O)Nc1ccc(-c2ccccc2)cc1. The number of anilines is 1. The number of likely N-dealkylation sites (tertiary alicyclic amines) is 1. The number of rotatable bonds is 5. The van der Waals surface area contributed by atoms with E-state index >= 15 is 0 Å². The topological polar surface area (TPSA) is 37.3 Å². The van der Waals surface area contributed by atoms with Crippen LogP contribution in [0.4, 0.5) is 5.69 Å². The lowest BCUT2D eigenvalue weighted by Crippen LogP contribution is -2.33. The van der Waals surface area contributed by atoms with Gasteiger partial charge in [-0.1, -0.05) is 42.5 Å². The van der Waals surface area contributed by atoms with Gasteiger partial charge in [0.25, 0.3) is 0 Å². The summed E-state index contributed by atoms with van der Waals surface area (Å²) in [4.78, 5) is 14.8. The number of carbonyl (C=O) groups is 1. The molecule has 1 aliphatic heterocycles.